The van der Waals surface area contributed by atoms with Crippen molar-refractivity contribution in [3.05, 3.63) is 0 Å². The van der Waals surface area contributed by atoms with Crippen LogP contribution in [-0.4, -0.2) is 23.9 Å². The molecule has 1 aliphatic carbocycles. The van der Waals surface area contributed by atoms with E-state index in [0.29, 0.717) is 11.8 Å². The van der Waals surface area contributed by atoms with Crippen LogP contribution in [0.5, 0.6) is 0 Å². The Morgan fingerprint density at radius 2 is 2.00 bits per heavy atom. The van der Waals surface area contributed by atoms with Crippen LogP contribution in [0.25, 0.3) is 0 Å². The van der Waals surface area contributed by atoms with E-state index in [1.54, 1.807) is 0 Å². The van der Waals surface area contributed by atoms with E-state index in [2.05, 4.69) is 13.8 Å². The summed E-state index contributed by atoms with van der Waals surface area (Å²) in [6.45, 7) is 5.93. The summed E-state index contributed by atoms with van der Waals surface area (Å²) in [5.41, 5.74) is -0.502. The Hall–Kier alpha value is -0.0800. The van der Waals surface area contributed by atoms with Gasteiger partial charge in [0.25, 0.3) is 0 Å². The lowest BCUT2D eigenvalue weighted by atomic mass is 9.65. The third-order valence-electron chi connectivity index (χ3n) is 4.94. The first-order chi connectivity index (χ1) is 7.66. The van der Waals surface area contributed by atoms with Crippen LogP contribution in [0.15, 0.2) is 0 Å². The minimum absolute atomic E-state index is 0.365. The van der Waals surface area contributed by atoms with Gasteiger partial charge in [-0.2, -0.15) is 0 Å². The molecule has 2 fully saturated rings. The second-order valence-corrected chi connectivity index (χ2v) is 5.85. The molecule has 4 unspecified atom stereocenters. The van der Waals surface area contributed by atoms with Gasteiger partial charge in [-0.25, -0.2) is 0 Å². The lowest BCUT2D eigenvalue weighted by Crippen LogP contribution is -2.47. The maximum Gasteiger partial charge on any atom is 0.0701 e. The fraction of sp³-hybridized carbons (Fsp3) is 1.00. The molecule has 2 rings (SSSR count). The molecule has 2 nitrogen and oxygen atoms in total. The molecule has 1 aliphatic heterocycles. The SMILES string of the molecule is CCC1CCCCC1C(C)(O)C1CCOC1. The first-order valence-corrected chi connectivity index (χ1v) is 6.96. The topological polar surface area (TPSA) is 29.5 Å². The average Bonchev–Trinajstić information content (AvgIpc) is 2.83. The van der Waals surface area contributed by atoms with Crippen LogP contribution in [0.2, 0.25) is 0 Å². The Labute approximate surface area is 99.4 Å². The molecule has 4 atom stereocenters. The Balaban J connectivity index is 2.06. The third kappa shape index (κ3) is 2.28. The van der Waals surface area contributed by atoms with Gasteiger partial charge in [0, 0.05) is 12.5 Å². The van der Waals surface area contributed by atoms with Crippen molar-refractivity contribution in [2.75, 3.05) is 13.2 Å². The molecule has 16 heavy (non-hydrogen) atoms. The largest absolute Gasteiger partial charge is 0.390 e. The summed E-state index contributed by atoms with van der Waals surface area (Å²) in [5, 5.41) is 10.9. The van der Waals surface area contributed by atoms with Crippen molar-refractivity contribution in [1.29, 1.82) is 0 Å². The Bertz CT molecular complexity index is 219. The minimum atomic E-state index is -0.502. The Kier molecular flexibility index (Phi) is 3.91. The van der Waals surface area contributed by atoms with Crippen LogP contribution >= 0.6 is 0 Å². The summed E-state index contributed by atoms with van der Waals surface area (Å²) >= 11 is 0. The smallest absolute Gasteiger partial charge is 0.0701 e. The van der Waals surface area contributed by atoms with Crippen molar-refractivity contribution < 1.29 is 9.84 Å². The molecule has 0 radical (unpaired) electrons. The van der Waals surface area contributed by atoms with E-state index in [9.17, 15) is 5.11 Å². The predicted octanol–water partition coefficient (Wildman–Crippen LogP) is 2.99. The summed E-state index contributed by atoms with van der Waals surface area (Å²) in [7, 11) is 0. The van der Waals surface area contributed by atoms with Crippen molar-refractivity contribution in [2.24, 2.45) is 17.8 Å². The molecule has 2 heteroatoms. The van der Waals surface area contributed by atoms with Gasteiger partial charge in [-0.3, -0.25) is 0 Å². The lowest BCUT2D eigenvalue weighted by Gasteiger charge is -2.44. The van der Waals surface area contributed by atoms with Gasteiger partial charge < -0.3 is 9.84 Å². The van der Waals surface area contributed by atoms with Gasteiger partial charge in [0.05, 0.1) is 12.2 Å². The molecule has 0 amide bonds. The summed E-state index contributed by atoms with van der Waals surface area (Å²) in [5.74, 6) is 1.59. The van der Waals surface area contributed by atoms with Crippen LogP contribution in [-0.2, 0) is 4.74 Å². The standard InChI is InChI=1S/C14H26O2/c1-3-11-6-4-5-7-13(11)14(2,15)12-8-9-16-10-12/h11-13,15H,3-10H2,1-2H3. The second-order valence-electron chi connectivity index (χ2n) is 5.85. The fourth-order valence-corrected chi connectivity index (χ4v) is 3.76. The highest BCUT2D eigenvalue weighted by molar-refractivity contribution is 4.94. The van der Waals surface area contributed by atoms with Gasteiger partial charge >= 0.3 is 0 Å². The molecule has 1 N–H and O–H groups in total. The number of ether oxygens (including phenoxy) is 1. The quantitative estimate of drug-likeness (QED) is 0.801. The zero-order chi connectivity index (χ0) is 11.6. The van der Waals surface area contributed by atoms with Crippen molar-refractivity contribution in [2.45, 2.75) is 58.0 Å². The van der Waals surface area contributed by atoms with Crippen LogP contribution in [0.3, 0.4) is 0 Å². The third-order valence-corrected chi connectivity index (χ3v) is 4.94. The molecule has 2 aliphatic rings. The molecule has 0 aromatic rings. The minimum Gasteiger partial charge on any atom is -0.390 e. The molecule has 0 spiro atoms. The normalized spacial score (nSPS) is 39.6. The van der Waals surface area contributed by atoms with Gasteiger partial charge in [0.2, 0.25) is 0 Å². The van der Waals surface area contributed by atoms with E-state index in [0.717, 1.165) is 25.6 Å². The van der Waals surface area contributed by atoms with Gasteiger partial charge in [-0.15, -0.1) is 0 Å². The number of hydrogen-bond donors (Lipinski definition) is 1. The van der Waals surface area contributed by atoms with Crippen molar-refractivity contribution >= 4 is 0 Å². The van der Waals surface area contributed by atoms with Crippen LogP contribution in [0.1, 0.15) is 52.4 Å². The molecule has 0 aromatic heterocycles. The summed E-state index contributed by atoms with van der Waals surface area (Å²) in [6, 6.07) is 0. The number of aliphatic hydroxyl groups is 1. The lowest BCUT2D eigenvalue weighted by molar-refractivity contribution is -0.0877. The van der Waals surface area contributed by atoms with Crippen LogP contribution in [0.4, 0.5) is 0 Å². The van der Waals surface area contributed by atoms with Crippen LogP contribution in [0, 0.1) is 17.8 Å². The molecule has 0 bridgehead atoms. The van der Waals surface area contributed by atoms with Crippen molar-refractivity contribution in [3.8, 4) is 0 Å². The Morgan fingerprint density at radius 1 is 1.25 bits per heavy atom. The predicted molar refractivity (Wildman–Crippen MR) is 65.3 cm³/mol. The van der Waals surface area contributed by atoms with Gasteiger partial charge in [-0.05, 0) is 31.6 Å². The highest BCUT2D eigenvalue weighted by atomic mass is 16.5. The van der Waals surface area contributed by atoms with E-state index in [-0.39, 0.29) is 0 Å². The van der Waals surface area contributed by atoms with Gasteiger partial charge in [0.1, 0.15) is 0 Å². The van der Waals surface area contributed by atoms with Crippen molar-refractivity contribution in [1.82, 2.24) is 0 Å². The summed E-state index contributed by atoms with van der Waals surface area (Å²) < 4.78 is 5.44. The van der Waals surface area contributed by atoms with Gasteiger partial charge in [-0.1, -0.05) is 32.6 Å². The summed E-state index contributed by atoms with van der Waals surface area (Å²) in [4.78, 5) is 0. The molecule has 0 aromatic carbocycles. The van der Waals surface area contributed by atoms with E-state index >= 15 is 0 Å². The highest BCUT2D eigenvalue weighted by Gasteiger charge is 2.44. The molecule has 1 heterocycles. The van der Waals surface area contributed by atoms with E-state index in [1.165, 1.54) is 32.1 Å². The average molecular weight is 226 g/mol. The molecular weight excluding hydrogens is 200 g/mol. The number of rotatable bonds is 3. The zero-order valence-corrected chi connectivity index (χ0v) is 10.7. The zero-order valence-electron chi connectivity index (χ0n) is 10.7. The van der Waals surface area contributed by atoms with E-state index in [1.807, 2.05) is 0 Å². The van der Waals surface area contributed by atoms with Crippen LogP contribution < -0.4 is 0 Å². The number of hydrogen-bond acceptors (Lipinski definition) is 2. The van der Waals surface area contributed by atoms with E-state index in [4.69, 9.17) is 4.74 Å². The second kappa shape index (κ2) is 5.05. The molecule has 1 saturated carbocycles. The van der Waals surface area contributed by atoms with E-state index < -0.39 is 5.60 Å². The molecule has 1 saturated heterocycles. The van der Waals surface area contributed by atoms with Gasteiger partial charge in [0.15, 0.2) is 0 Å². The molecule has 94 valence electrons. The Morgan fingerprint density at radius 3 is 2.62 bits per heavy atom. The first-order valence-electron chi connectivity index (χ1n) is 6.96. The fourth-order valence-electron chi connectivity index (χ4n) is 3.76. The maximum atomic E-state index is 10.9. The monoisotopic (exact) mass is 226 g/mol. The van der Waals surface area contributed by atoms with Crippen molar-refractivity contribution in [3.63, 3.8) is 0 Å². The maximum absolute atomic E-state index is 10.9. The summed E-state index contributed by atoms with van der Waals surface area (Å²) in [6.07, 6.45) is 7.43. The highest BCUT2D eigenvalue weighted by Crippen LogP contribution is 2.44. The first kappa shape index (κ1) is 12.4. The molecular formula is C14H26O2.